The zero-order valence-corrected chi connectivity index (χ0v) is 15.4. The van der Waals surface area contributed by atoms with Crippen LogP contribution in [0.3, 0.4) is 0 Å². The van der Waals surface area contributed by atoms with Crippen LogP contribution in [0.4, 0.5) is 0 Å². The van der Waals surface area contributed by atoms with Gasteiger partial charge in [-0.05, 0) is 49.2 Å². The Morgan fingerprint density at radius 3 is 2.88 bits per heavy atom. The Morgan fingerprint density at radius 1 is 1.27 bits per heavy atom. The molecule has 1 atom stereocenters. The molecule has 1 unspecified atom stereocenters. The van der Waals surface area contributed by atoms with Gasteiger partial charge >= 0.3 is 0 Å². The molecule has 1 amide bonds. The maximum atomic E-state index is 12.0. The van der Waals surface area contributed by atoms with Gasteiger partial charge in [0, 0.05) is 11.4 Å². The number of fused-ring (bicyclic) bond motifs is 1. The summed E-state index contributed by atoms with van der Waals surface area (Å²) in [4.78, 5) is 12.0. The third-order valence-electron chi connectivity index (χ3n) is 4.04. The van der Waals surface area contributed by atoms with E-state index in [1.807, 2.05) is 49.4 Å². The second kappa shape index (κ2) is 8.81. The van der Waals surface area contributed by atoms with Crippen LogP contribution in [-0.4, -0.2) is 31.8 Å². The van der Waals surface area contributed by atoms with Crippen molar-refractivity contribution in [2.75, 3.05) is 19.8 Å². The van der Waals surface area contributed by atoms with Crippen LogP contribution in [0.5, 0.6) is 17.2 Å². The van der Waals surface area contributed by atoms with Gasteiger partial charge in [-0.15, -0.1) is 0 Å². The molecule has 1 N–H and O–H groups in total. The molecule has 0 bridgehead atoms. The second-order valence-corrected chi connectivity index (χ2v) is 6.57. The Balaban J connectivity index is 1.33. The van der Waals surface area contributed by atoms with E-state index in [-0.39, 0.29) is 12.0 Å². The minimum Gasteiger partial charge on any atom is -0.494 e. The zero-order valence-electron chi connectivity index (χ0n) is 14.7. The Bertz CT molecular complexity index is 765. The van der Waals surface area contributed by atoms with E-state index >= 15 is 0 Å². The lowest BCUT2D eigenvalue weighted by Crippen LogP contribution is -2.40. The average molecular weight is 376 g/mol. The summed E-state index contributed by atoms with van der Waals surface area (Å²) in [6.07, 6.45) is 0.858. The molecule has 0 aliphatic carbocycles. The van der Waals surface area contributed by atoms with Gasteiger partial charge in [-0.1, -0.05) is 23.7 Å². The van der Waals surface area contributed by atoms with Crippen molar-refractivity contribution in [3.05, 3.63) is 53.1 Å². The highest BCUT2D eigenvalue weighted by atomic mass is 35.5. The number of benzene rings is 2. The van der Waals surface area contributed by atoms with E-state index < -0.39 is 0 Å². The summed E-state index contributed by atoms with van der Waals surface area (Å²) in [7, 11) is 0. The monoisotopic (exact) mass is 375 g/mol. The summed E-state index contributed by atoms with van der Waals surface area (Å²) in [5.74, 6) is 2.19. The van der Waals surface area contributed by atoms with Crippen molar-refractivity contribution < 1.29 is 19.0 Å². The molecular weight excluding hydrogens is 354 g/mol. The summed E-state index contributed by atoms with van der Waals surface area (Å²) in [6.45, 7) is 3.25. The Hall–Kier alpha value is -2.40. The number of rotatable bonds is 7. The Labute approximate surface area is 158 Å². The van der Waals surface area contributed by atoms with E-state index in [0.29, 0.717) is 43.4 Å². The zero-order chi connectivity index (χ0) is 18.4. The normalized spacial score (nSPS) is 15.4. The molecule has 0 spiro atoms. The number of carbonyl (C=O) groups is 1. The van der Waals surface area contributed by atoms with Crippen LogP contribution in [-0.2, 0) is 4.79 Å². The maximum absolute atomic E-state index is 12.0. The molecule has 2 aromatic carbocycles. The first kappa shape index (κ1) is 18.4. The molecule has 0 saturated carbocycles. The highest BCUT2D eigenvalue weighted by molar-refractivity contribution is 6.31. The molecular formula is C20H22ClNO4. The predicted molar refractivity (Wildman–Crippen MR) is 100 cm³/mol. The van der Waals surface area contributed by atoms with Crippen molar-refractivity contribution in [2.24, 2.45) is 0 Å². The summed E-state index contributed by atoms with van der Waals surface area (Å²) in [5, 5.41) is 3.60. The van der Waals surface area contributed by atoms with Gasteiger partial charge in [0.15, 0.2) is 11.5 Å². The Kier molecular flexibility index (Phi) is 6.23. The maximum Gasteiger partial charge on any atom is 0.220 e. The number of amides is 1. The summed E-state index contributed by atoms with van der Waals surface area (Å²) in [5.41, 5.74) is 0.971. The molecule has 138 valence electrons. The molecule has 26 heavy (non-hydrogen) atoms. The highest BCUT2D eigenvalue weighted by Crippen LogP contribution is 2.30. The number of carbonyl (C=O) groups excluding carboxylic acids is 1. The van der Waals surface area contributed by atoms with Crippen molar-refractivity contribution in [2.45, 2.75) is 25.9 Å². The Morgan fingerprint density at radius 2 is 2.08 bits per heavy atom. The van der Waals surface area contributed by atoms with Crippen LogP contribution in [0.15, 0.2) is 42.5 Å². The van der Waals surface area contributed by atoms with Crippen LogP contribution >= 0.6 is 11.6 Å². The molecule has 0 saturated heterocycles. The van der Waals surface area contributed by atoms with Gasteiger partial charge in [-0.3, -0.25) is 4.79 Å². The first-order chi connectivity index (χ1) is 12.6. The number of halogens is 1. The largest absolute Gasteiger partial charge is 0.494 e. The van der Waals surface area contributed by atoms with E-state index in [1.165, 1.54) is 0 Å². The van der Waals surface area contributed by atoms with Gasteiger partial charge in [0.25, 0.3) is 0 Å². The third-order valence-corrected chi connectivity index (χ3v) is 4.46. The molecule has 3 rings (SSSR count). The quantitative estimate of drug-likeness (QED) is 0.748. The molecule has 2 aromatic rings. The van der Waals surface area contributed by atoms with Gasteiger partial charge in [-0.2, -0.15) is 0 Å². The van der Waals surface area contributed by atoms with Crippen LogP contribution in [0.1, 0.15) is 18.4 Å². The topological polar surface area (TPSA) is 56.8 Å². The summed E-state index contributed by atoms with van der Waals surface area (Å²) >= 11 is 5.98. The highest BCUT2D eigenvalue weighted by Gasteiger charge is 2.20. The number of hydrogen-bond donors (Lipinski definition) is 1. The molecule has 1 aliphatic rings. The van der Waals surface area contributed by atoms with Crippen LogP contribution in [0.25, 0.3) is 0 Å². The van der Waals surface area contributed by atoms with Gasteiger partial charge in [0.2, 0.25) is 5.91 Å². The SMILES string of the molecule is Cc1cc(OCCCC(=O)NCC2COc3ccccc3O2)ccc1Cl. The van der Waals surface area contributed by atoms with E-state index in [0.717, 1.165) is 17.1 Å². The van der Waals surface area contributed by atoms with Crippen molar-refractivity contribution in [1.29, 1.82) is 0 Å². The van der Waals surface area contributed by atoms with Gasteiger partial charge in [0.1, 0.15) is 18.5 Å². The lowest BCUT2D eigenvalue weighted by molar-refractivity contribution is -0.121. The molecule has 1 heterocycles. The third kappa shape index (κ3) is 5.05. The number of nitrogens with one attached hydrogen (secondary N) is 1. The first-order valence-electron chi connectivity index (χ1n) is 8.66. The minimum absolute atomic E-state index is 0.0247. The smallest absolute Gasteiger partial charge is 0.220 e. The molecule has 6 heteroatoms. The molecule has 0 fully saturated rings. The average Bonchev–Trinajstić information content (AvgIpc) is 2.66. The van der Waals surface area contributed by atoms with E-state index in [4.69, 9.17) is 25.8 Å². The number of hydrogen-bond acceptors (Lipinski definition) is 4. The fraction of sp³-hybridized carbons (Fsp3) is 0.350. The van der Waals surface area contributed by atoms with Crippen molar-refractivity contribution in [3.8, 4) is 17.2 Å². The van der Waals surface area contributed by atoms with Gasteiger partial charge in [-0.25, -0.2) is 0 Å². The fourth-order valence-electron chi connectivity index (χ4n) is 2.61. The molecule has 0 radical (unpaired) electrons. The summed E-state index contributed by atoms with van der Waals surface area (Å²) in [6, 6.07) is 13.0. The van der Waals surface area contributed by atoms with Crippen molar-refractivity contribution >= 4 is 17.5 Å². The molecule has 0 aromatic heterocycles. The van der Waals surface area contributed by atoms with Crippen LogP contribution in [0.2, 0.25) is 5.02 Å². The van der Waals surface area contributed by atoms with E-state index in [1.54, 1.807) is 0 Å². The number of para-hydroxylation sites is 2. The summed E-state index contributed by atoms with van der Waals surface area (Å²) < 4.78 is 17.1. The van der Waals surface area contributed by atoms with E-state index in [9.17, 15) is 4.79 Å². The predicted octanol–water partition coefficient (Wildman–Crippen LogP) is 3.76. The van der Waals surface area contributed by atoms with Crippen LogP contribution < -0.4 is 19.5 Å². The van der Waals surface area contributed by atoms with Crippen molar-refractivity contribution in [3.63, 3.8) is 0 Å². The molecule has 1 aliphatic heterocycles. The van der Waals surface area contributed by atoms with Gasteiger partial charge < -0.3 is 19.5 Å². The minimum atomic E-state index is -0.179. The lowest BCUT2D eigenvalue weighted by Gasteiger charge is -2.26. The fourth-order valence-corrected chi connectivity index (χ4v) is 2.73. The molecule has 5 nitrogen and oxygen atoms in total. The lowest BCUT2D eigenvalue weighted by atomic mass is 10.2. The first-order valence-corrected chi connectivity index (χ1v) is 9.04. The second-order valence-electron chi connectivity index (χ2n) is 6.16. The van der Waals surface area contributed by atoms with Crippen LogP contribution in [0, 0.1) is 6.92 Å². The van der Waals surface area contributed by atoms with E-state index in [2.05, 4.69) is 5.32 Å². The standard InChI is InChI=1S/C20H22ClNO4/c1-14-11-15(8-9-17(14)21)24-10-4-7-20(23)22-12-16-13-25-18-5-2-3-6-19(18)26-16/h2-3,5-6,8-9,11,16H,4,7,10,12-13H2,1H3,(H,22,23). The number of ether oxygens (including phenoxy) is 3. The number of aryl methyl sites for hydroxylation is 1. The van der Waals surface area contributed by atoms with Gasteiger partial charge in [0.05, 0.1) is 13.2 Å². The van der Waals surface area contributed by atoms with Crippen molar-refractivity contribution in [1.82, 2.24) is 5.32 Å².